The van der Waals surface area contributed by atoms with Gasteiger partial charge in [0.2, 0.25) is 0 Å². The molecule has 1 saturated heterocycles. The first-order valence-electron chi connectivity index (χ1n) is 6.50. The lowest BCUT2D eigenvalue weighted by atomic mass is 9.83. The molecule has 0 unspecified atom stereocenters. The van der Waals surface area contributed by atoms with Crippen LogP contribution < -0.4 is 0 Å². The minimum atomic E-state index is 0.0231. The maximum Gasteiger partial charge on any atom is 0.306 e. The molecule has 1 saturated carbocycles. The summed E-state index contributed by atoms with van der Waals surface area (Å²) in [5.74, 6) is 1.60. The number of rotatable bonds is 3. The van der Waals surface area contributed by atoms with Crippen LogP contribution in [0.2, 0.25) is 0 Å². The molecule has 1 aliphatic carbocycles. The molecule has 1 heterocycles. The third-order valence-electron chi connectivity index (χ3n) is 3.95. The lowest BCUT2D eigenvalue weighted by Crippen LogP contribution is -2.21. The Labute approximate surface area is 92.4 Å². The zero-order chi connectivity index (χ0) is 10.5. The van der Waals surface area contributed by atoms with Gasteiger partial charge in [0.05, 0.1) is 6.61 Å². The normalized spacial score (nSPS) is 28.8. The molecule has 2 nitrogen and oxygen atoms in total. The Morgan fingerprint density at radius 2 is 1.73 bits per heavy atom. The van der Waals surface area contributed by atoms with Gasteiger partial charge >= 0.3 is 5.97 Å². The van der Waals surface area contributed by atoms with Gasteiger partial charge in [0.15, 0.2) is 0 Å². The van der Waals surface area contributed by atoms with E-state index in [1.165, 1.54) is 44.9 Å². The van der Waals surface area contributed by atoms with Gasteiger partial charge in [-0.15, -0.1) is 0 Å². The van der Waals surface area contributed by atoms with E-state index in [2.05, 4.69) is 0 Å². The third kappa shape index (κ3) is 3.51. The predicted molar refractivity (Wildman–Crippen MR) is 59.5 cm³/mol. The van der Waals surface area contributed by atoms with E-state index in [0.29, 0.717) is 18.9 Å². The molecule has 0 aromatic rings. The number of hydrogen-bond donors (Lipinski definition) is 0. The second-order valence-corrected chi connectivity index (χ2v) is 5.16. The molecule has 0 spiro atoms. The van der Waals surface area contributed by atoms with Crippen molar-refractivity contribution < 1.29 is 9.53 Å². The molecular weight excluding hydrogens is 188 g/mol. The van der Waals surface area contributed by atoms with Crippen LogP contribution in [0.3, 0.4) is 0 Å². The minimum absolute atomic E-state index is 0.0231. The van der Waals surface area contributed by atoms with Gasteiger partial charge in [0.1, 0.15) is 0 Å². The van der Waals surface area contributed by atoms with E-state index in [0.717, 1.165) is 12.3 Å². The number of ether oxygens (including phenoxy) is 1. The fourth-order valence-corrected chi connectivity index (χ4v) is 2.93. The number of hydrogen-bond acceptors (Lipinski definition) is 2. The summed E-state index contributed by atoms with van der Waals surface area (Å²) in [4.78, 5) is 11.1. The standard InChI is InChI=1S/C13H22O2/c14-13-10-12(8-9-15-13)7-6-11-4-2-1-3-5-11/h11-12H,1-10H2/t12-/m1/s1. The molecule has 0 amide bonds. The van der Waals surface area contributed by atoms with Crippen LogP contribution in [0.25, 0.3) is 0 Å². The van der Waals surface area contributed by atoms with Gasteiger partial charge in [-0.25, -0.2) is 0 Å². The summed E-state index contributed by atoms with van der Waals surface area (Å²) < 4.78 is 4.96. The molecule has 15 heavy (non-hydrogen) atoms. The lowest BCUT2D eigenvalue weighted by molar-refractivity contribution is -0.149. The summed E-state index contributed by atoms with van der Waals surface area (Å²) in [5, 5.41) is 0. The Balaban J connectivity index is 1.65. The molecule has 0 aromatic heterocycles. The zero-order valence-corrected chi connectivity index (χ0v) is 9.54. The van der Waals surface area contributed by atoms with Crippen molar-refractivity contribution in [1.82, 2.24) is 0 Å². The number of carbonyl (C=O) groups excluding carboxylic acids is 1. The van der Waals surface area contributed by atoms with Gasteiger partial charge in [0.25, 0.3) is 0 Å². The summed E-state index contributed by atoms with van der Waals surface area (Å²) in [6.45, 7) is 0.661. The first kappa shape index (κ1) is 11.0. The van der Waals surface area contributed by atoms with Crippen LogP contribution in [0.5, 0.6) is 0 Å². The Kier molecular flexibility index (Phi) is 4.04. The van der Waals surface area contributed by atoms with Crippen molar-refractivity contribution in [3.63, 3.8) is 0 Å². The van der Waals surface area contributed by atoms with E-state index in [1.54, 1.807) is 0 Å². The van der Waals surface area contributed by atoms with E-state index < -0.39 is 0 Å². The highest BCUT2D eigenvalue weighted by Gasteiger charge is 2.22. The van der Waals surface area contributed by atoms with E-state index >= 15 is 0 Å². The average Bonchev–Trinajstić information content (AvgIpc) is 2.28. The van der Waals surface area contributed by atoms with Crippen molar-refractivity contribution in [3.05, 3.63) is 0 Å². The number of esters is 1. The second-order valence-electron chi connectivity index (χ2n) is 5.16. The molecule has 0 bridgehead atoms. The van der Waals surface area contributed by atoms with Crippen molar-refractivity contribution in [2.75, 3.05) is 6.61 Å². The van der Waals surface area contributed by atoms with Gasteiger partial charge in [0, 0.05) is 6.42 Å². The fourth-order valence-electron chi connectivity index (χ4n) is 2.93. The van der Waals surface area contributed by atoms with E-state index in [4.69, 9.17) is 4.74 Å². The molecule has 0 radical (unpaired) electrons. The Morgan fingerprint density at radius 1 is 1.00 bits per heavy atom. The maximum atomic E-state index is 11.1. The van der Waals surface area contributed by atoms with Gasteiger partial charge in [-0.2, -0.15) is 0 Å². The van der Waals surface area contributed by atoms with Crippen molar-refractivity contribution in [1.29, 1.82) is 0 Å². The largest absolute Gasteiger partial charge is 0.466 e. The maximum absolute atomic E-state index is 11.1. The lowest BCUT2D eigenvalue weighted by Gasteiger charge is -2.25. The van der Waals surface area contributed by atoms with Gasteiger partial charge in [-0.1, -0.05) is 38.5 Å². The Bertz CT molecular complexity index is 207. The smallest absolute Gasteiger partial charge is 0.306 e. The van der Waals surface area contributed by atoms with Gasteiger partial charge in [-0.3, -0.25) is 4.79 Å². The van der Waals surface area contributed by atoms with Crippen LogP contribution in [0, 0.1) is 11.8 Å². The molecule has 2 heteroatoms. The number of cyclic esters (lactones) is 1. The quantitative estimate of drug-likeness (QED) is 0.668. The van der Waals surface area contributed by atoms with Crippen molar-refractivity contribution in [2.24, 2.45) is 11.8 Å². The predicted octanol–water partition coefficient (Wildman–Crippen LogP) is 3.30. The van der Waals surface area contributed by atoms with Crippen LogP contribution in [-0.2, 0) is 9.53 Å². The topological polar surface area (TPSA) is 26.3 Å². The highest BCUT2D eigenvalue weighted by Crippen LogP contribution is 2.30. The monoisotopic (exact) mass is 210 g/mol. The fraction of sp³-hybridized carbons (Fsp3) is 0.923. The van der Waals surface area contributed by atoms with E-state index in [1.807, 2.05) is 0 Å². The summed E-state index contributed by atoms with van der Waals surface area (Å²) in [7, 11) is 0. The van der Waals surface area contributed by atoms with Crippen molar-refractivity contribution in [2.45, 2.75) is 57.8 Å². The van der Waals surface area contributed by atoms with Crippen molar-refractivity contribution >= 4 is 5.97 Å². The molecule has 2 rings (SSSR count). The molecule has 2 aliphatic rings. The summed E-state index contributed by atoms with van der Waals surface area (Å²) in [5.41, 5.74) is 0. The molecule has 0 aromatic carbocycles. The Hall–Kier alpha value is -0.530. The van der Waals surface area contributed by atoms with E-state index in [9.17, 15) is 4.79 Å². The molecule has 1 atom stereocenters. The third-order valence-corrected chi connectivity index (χ3v) is 3.95. The minimum Gasteiger partial charge on any atom is -0.466 e. The van der Waals surface area contributed by atoms with Crippen LogP contribution in [0.15, 0.2) is 0 Å². The van der Waals surface area contributed by atoms with Crippen LogP contribution in [0.1, 0.15) is 57.8 Å². The first-order valence-corrected chi connectivity index (χ1v) is 6.50. The highest BCUT2D eigenvalue weighted by atomic mass is 16.5. The molecule has 0 N–H and O–H groups in total. The average molecular weight is 210 g/mol. The highest BCUT2D eigenvalue weighted by molar-refractivity contribution is 5.70. The zero-order valence-electron chi connectivity index (χ0n) is 9.54. The van der Waals surface area contributed by atoms with Crippen molar-refractivity contribution in [3.8, 4) is 0 Å². The van der Waals surface area contributed by atoms with Crippen LogP contribution >= 0.6 is 0 Å². The number of carbonyl (C=O) groups is 1. The van der Waals surface area contributed by atoms with Crippen LogP contribution in [-0.4, -0.2) is 12.6 Å². The van der Waals surface area contributed by atoms with E-state index in [-0.39, 0.29) is 5.97 Å². The first-order chi connectivity index (χ1) is 7.34. The summed E-state index contributed by atoms with van der Waals surface area (Å²) in [6, 6.07) is 0. The molecule has 86 valence electrons. The Morgan fingerprint density at radius 3 is 2.47 bits per heavy atom. The van der Waals surface area contributed by atoms with Gasteiger partial charge in [-0.05, 0) is 24.7 Å². The van der Waals surface area contributed by atoms with Gasteiger partial charge < -0.3 is 4.74 Å². The van der Waals surface area contributed by atoms with Crippen LogP contribution in [0.4, 0.5) is 0 Å². The summed E-state index contributed by atoms with van der Waals surface area (Å²) >= 11 is 0. The molecule has 2 fully saturated rings. The summed E-state index contributed by atoms with van der Waals surface area (Å²) in [6.07, 6.45) is 11.5. The second kappa shape index (κ2) is 5.53. The molecular formula is C13H22O2. The molecule has 1 aliphatic heterocycles. The SMILES string of the molecule is O=C1C[C@H](CCC2CCCCC2)CCO1.